The van der Waals surface area contributed by atoms with Crippen molar-refractivity contribution in [3.63, 3.8) is 0 Å². The van der Waals surface area contributed by atoms with Crippen LogP contribution < -0.4 is 0 Å². The summed E-state index contributed by atoms with van der Waals surface area (Å²) in [4.78, 5) is 43.7. The van der Waals surface area contributed by atoms with Crippen LogP contribution in [0.5, 0.6) is 0 Å². The first kappa shape index (κ1) is 18.7. The number of hydroxylamine groups is 2. The van der Waals surface area contributed by atoms with E-state index < -0.39 is 17.8 Å². The molecule has 4 rings (SSSR count). The van der Waals surface area contributed by atoms with Crippen molar-refractivity contribution in [2.75, 3.05) is 0 Å². The Morgan fingerprint density at radius 2 is 1.61 bits per heavy atom. The molecule has 1 aliphatic carbocycles. The van der Waals surface area contributed by atoms with Gasteiger partial charge in [-0.2, -0.15) is 0 Å². The largest absolute Gasteiger partial charge is 0.336 e. The number of hydrogen-bond acceptors (Lipinski definition) is 4. The summed E-state index contributed by atoms with van der Waals surface area (Å²) < 4.78 is 0. The third kappa shape index (κ3) is 3.30. The number of unbranched alkanes of at least 4 members (excludes halogenated alkanes) is 1. The molecule has 2 aliphatic rings. The van der Waals surface area contributed by atoms with Gasteiger partial charge in [0.05, 0.1) is 17.0 Å². The average Bonchev–Trinajstić information content (AvgIpc) is 2.73. The molecule has 5 nitrogen and oxygen atoms in total. The van der Waals surface area contributed by atoms with Gasteiger partial charge in [-0.15, -0.1) is 0 Å². The van der Waals surface area contributed by atoms with Gasteiger partial charge in [-0.1, -0.05) is 55.5 Å². The molecule has 0 saturated heterocycles. The van der Waals surface area contributed by atoms with Crippen molar-refractivity contribution < 1.29 is 19.2 Å². The minimum absolute atomic E-state index is 0.244. The van der Waals surface area contributed by atoms with E-state index >= 15 is 0 Å². The standard InChI is InChI=1S/C23H25NO4/c1-2-3-6-15-11-13-17(14-12-15)23(27)28-24-21(25)18-9-4-7-16-8-5-10-19(20(16)18)22(24)26/h4-5,7-10,15,17H,2-3,6,11-14H2,1H3. The summed E-state index contributed by atoms with van der Waals surface area (Å²) in [6, 6.07) is 10.6. The summed E-state index contributed by atoms with van der Waals surface area (Å²) in [7, 11) is 0. The Kier molecular flexibility index (Phi) is 5.16. The molecule has 1 aliphatic heterocycles. The number of carbonyl (C=O) groups is 3. The third-order valence-corrected chi connectivity index (χ3v) is 6.06. The summed E-state index contributed by atoms with van der Waals surface area (Å²) in [6.07, 6.45) is 7.15. The van der Waals surface area contributed by atoms with Crippen LogP contribution in [0.1, 0.15) is 72.6 Å². The predicted molar refractivity (Wildman–Crippen MR) is 106 cm³/mol. The van der Waals surface area contributed by atoms with Crippen molar-refractivity contribution in [3.8, 4) is 0 Å². The molecule has 0 spiro atoms. The smallest absolute Gasteiger partial charge is 0.329 e. The maximum absolute atomic E-state index is 12.8. The van der Waals surface area contributed by atoms with Crippen molar-refractivity contribution in [2.24, 2.45) is 11.8 Å². The van der Waals surface area contributed by atoms with E-state index in [0.717, 1.165) is 31.1 Å². The Morgan fingerprint density at radius 3 is 2.18 bits per heavy atom. The van der Waals surface area contributed by atoms with Gasteiger partial charge in [0.1, 0.15) is 0 Å². The zero-order valence-corrected chi connectivity index (χ0v) is 16.1. The zero-order valence-electron chi connectivity index (χ0n) is 16.1. The molecular formula is C23H25NO4. The van der Waals surface area contributed by atoms with E-state index in [1.165, 1.54) is 19.3 Å². The second kappa shape index (κ2) is 7.74. The van der Waals surface area contributed by atoms with Gasteiger partial charge in [0.2, 0.25) is 0 Å². The molecule has 1 fully saturated rings. The van der Waals surface area contributed by atoms with E-state index in [9.17, 15) is 14.4 Å². The van der Waals surface area contributed by atoms with Gasteiger partial charge >= 0.3 is 5.97 Å². The van der Waals surface area contributed by atoms with Crippen LogP contribution in [0.3, 0.4) is 0 Å². The summed E-state index contributed by atoms with van der Waals surface area (Å²) in [6.45, 7) is 2.19. The van der Waals surface area contributed by atoms with Crippen molar-refractivity contribution >= 4 is 28.6 Å². The molecule has 5 heteroatoms. The van der Waals surface area contributed by atoms with Gasteiger partial charge in [0, 0.05) is 5.39 Å². The van der Waals surface area contributed by atoms with Gasteiger partial charge in [0.25, 0.3) is 11.8 Å². The maximum atomic E-state index is 12.8. The van der Waals surface area contributed by atoms with Crippen LogP contribution in [0.15, 0.2) is 36.4 Å². The number of nitrogens with zero attached hydrogens (tertiary/aromatic N) is 1. The van der Waals surface area contributed by atoms with E-state index in [1.807, 2.05) is 12.1 Å². The molecule has 1 heterocycles. The highest BCUT2D eigenvalue weighted by atomic mass is 16.7. The van der Waals surface area contributed by atoms with Gasteiger partial charge in [-0.05, 0) is 49.1 Å². The van der Waals surface area contributed by atoms with E-state index in [-0.39, 0.29) is 5.92 Å². The summed E-state index contributed by atoms with van der Waals surface area (Å²) in [5, 5.41) is 2.11. The molecule has 28 heavy (non-hydrogen) atoms. The molecule has 0 unspecified atom stereocenters. The van der Waals surface area contributed by atoms with Crippen LogP contribution in [-0.4, -0.2) is 22.8 Å². The second-order valence-corrected chi connectivity index (χ2v) is 7.88. The Bertz CT molecular complexity index is 877. The number of carbonyl (C=O) groups excluding carboxylic acids is 3. The highest BCUT2D eigenvalue weighted by Crippen LogP contribution is 2.34. The van der Waals surface area contributed by atoms with Crippen molar-refractivity contribution in [3.05, 3.63) is 47.5 Å². The fourth-order valence-electron chi connectivity index (χ4n) is 4.44. The lowest BCUT2D eigenvalue weighted by atomic mass is 9.80. The molecular weight excluding hydrogens is 354 g/mol. The fraction of sp³-hybridized carbons (Fsp3) is 0.435. The predicted octanol–water partition coefficient (Wildman–Crippen LogP) is 4.89. The Balaban J connectivity index is 1.48. The van der Waals surface area contributed by atoms with Gasteiger partial charge < -0.3 is 4.84 Å². The Hall–Kier alpha value is -2.69. The molecule has 0 radical (unpaired) electrons. The summed E-state index contributed by atoms with van der Waals surface area (Å²) in [5.41, 5.74) is 0.785. The highest BCUT2D eigenvalue weighted by molar-refractivity contribution is 6.25. The Morgan fingerprint density at radius 1 is 1.00 bits per heavy atom. The van der Waals surface area contributed by atoms with E-state index in [2.05, 4.69) is 6.92 Å². The number of hydrogen-bond donors (Lipinski definition) is 0. The summed E-state index contributed by atoms with van der Waals surface area (Å²) in [5.74, 6) is -1.18. The highest BCUT2D eigenvalue weighted by Gasteiger charge is 2.38. The molecule has 2 aromatic rings. The lowest BCUT2D eigenvalue weighted by molar-refractivity contribution is -0.175. The minimum Gasteiger partial charge on any atom is -0.329 e. The molecule has 0 bridgehead atoms. The number of amides is 2. The quantitative estimate of drug-likeness (QED) is 0.694. The first-order chi connectivity index (χ1) is 13.6. The number of rotatable bonds is 5. The van der Waals surface area contributed by atoms with Gasteiger partial charge in [0.15, 0.2) is 0 Å². The monoisotopic (exact) mass is 379 g/mol. The SMILES string of the molecule is CCCCC1CCC(C(=O)ON2C(=O)c3cccc4cccc(c34)C2=O)CC1. The molecule has 0 atom stereocenters. The topological polar surface area (TPSA) is 63.7 Å². The first-order valence-corrected chi connectivity index (χ1v) is 10.2. The molecule has 0 N–H and O–H groups in total. The molecule has 146 valence electrons. The van der Waals surface area contributed by atoms with Crippen molar-refractivity contribution in [1.82, 2.24) is 5.06 Å². The number of benzene rings is 2. The lowest BCUT2D eigenvalue weighted by Gasteiger charge is -2.30. The first-order valence-electron chi connectivity index (χ1n) is 10.2. The molecule has 2 amide bonds. The normalized spacial score (nSPS) is 21.8. The van der Waals surface area contributed by atoms with E-state index in [4.69, 9.17) is 4.84 Å². The molecule has 0 aromatic heterocycles. The second-order valence-electron chi connectivity index (χ2n) is 7.88. The maximum Gasteiger partial charge on any atom is 0.336 e. The van der Waals surface area contributed by atoms with Crippen LogP contribution in [0.25, 0.3) is 10.8 Å². The minimum atomic E-state index is -0.570. The van der Waals surface area contributed by atoms with Crippen molar-refractivity contribution in [2.45, 2.75) is 51.9 Å². The van der Waals surface area contributed by atoms with Crippen LogP contribution in [-0.2, 0) is 9.63 Å². The average molecular weight is 379 g/mol. The van der Waals surface area contributed by atoms with Gasteiger partial charge in [-0.25, -0.2) is 4.79 Å². The van der Waals surface area contributed by atoms with Crippen LogP contribution in [0.4, 0.5) is 0 Å². The van der Waals surface area contributed by atoms with E-state index in [1.54, 1.807) is 24.3 Å². The zero-order chi connectivity index (χ0) is 19.7. The molecule has 2 aromatic carbocycles. The number of imide groups is 1. The molecule has 1 saturated carbocycles. The van der Waals surface area contributed by atoms with Crippen LogP contribution >= 0.6 is 0 Å². The fourth-order valence-corrected chi connectivity index (χ4v) is 4.44. The van der Waals surface area contributed by atoms with Crippen LogP contribution in [0.2, 0.25) is 0 Å². The summed E-state index contributed by atoms with van der Waals surface area (Å²) >= 11 is 0. The van der Waals surface area contributed by atoms with Crippen LogP contribution in [0, 0.1) is 11.8 Å². The lowest BCUT2D eigenvalue weighted by Crippen LogP contribution is -2.43. The third-order valence-electron chi connectivity index (χ3n) is 6.06. The van der Waals surface area contributed by atoms with Crippen molar-refractivity contribution in [1.29, 1.82) is 0 Å². The Labute approximate surface area is 164 Å². The van der Waals surface area contributed by atoms with Gasteiger partial charge in [-0.3, -0.25) is 9.59 Å². The van der Waals surface area contributed by atoms with E-state index in [0.29, 0.717) is 27.5 Å².